The monoisotopic (exact) mass is 402 g/mol. The standard InChI is InChI=1S/C21H26N2O4S/c1-16-14-23(15-17(2)27-16)28(25,26)20-10-8-19(9-11-20)21(24)22-13-12-18-6-4-3-5-7-18/h3-11,16-17H,12-15H2,1-2H3,(H,22,24)/t16-,17-/m0/s1. The number of benzene rings is 2. The highest BCUT2D eigenvalue weighted by molar-refractivity contribution is 7.89. The summed E-state index contributed by atoms with van der Waals surface area (Å²) in [6, 6.07) is 16.0. The van der Waals surface area contributed by atoms with Gasteiger partial charge in [-0.25, -0.2) is 8.42 Å². The van der Waals surface area contributed by atoms with Crippen LogP contribution >= 0.6 is 0 Å². The molecular weight excluding hydrogens is 376 g/mol. The van der Waals surface area contributed by atoms with Gasteiger partial charge in [0.2, 0.25) is 10.0 Å². The molecule has 28 heavy (non-hydrogen) atoms. The van der Waals surface area contributed by atoms with Crippen molar-refractivity contribution in [2.45, 2.75) is 37.4 Å². The van der Waals surface area contributed by atoms with E-state index in [4.69, 9.17) is 4.74 Å². The number of nitrogens with zero attached hydrogens (tertiary/aromatic N) is 1. The molecule has 2 atom stereocenters. The van der Waals surface area contributed by atoms with E-state index >= 15 is 0 Å². The van der Waals surface area contributed by atoms with Crippen LogP contribution in [-0.4, -0.2) is 50.5 Å². The first-order valence-corrected chi connectivity index (χ1v) is 10.9. The van der Waals surface area contributed by atoms with Crippen molar-refractivity contribution in [3.05, 3.63) is 65.7 Å². The number of carbonyl (C=O) groups excluding carboxylic acids is 1. The Labute approximate surface area is 166 Å². The van der Waals surface area contributed by atoms with Crippen LogP contribution in [0, 0.1) is 0 Å². The molecule has 1 saturated heterocycles. The van der Waals surface area contributed by atoms with Gasteiger partial charge in [-0.3, -0.25) is 4.79 Å². The predicted molar refractivity (Wildman–Crippen MR) is 108 cm³/mol. The van der Waals surface area contributed by atoms with Gasteiger partial charge in [-0.2, -0.15) is 4.31 Å². The van der Waals surface area contributed by atoms with Crippen LogP contribution in [0.4, 0.5) is 0 Å². The number of amides is 1. The molecule has 2 aromatic carbocycles. The van der Waals surface area contributed by atoms with Gasteiger partial charge in [0, 0.05) is 25.2 Å². The van der Waals surface area contributed by atoms with E-state index < -0.39 is 10.0 Å². The van der Waals surface area contributed by atoms with Gasteiger partial charge in [-0.05, 0) is 50.1 Å². The van der Waals surface area contributed by atoms with Crippen LogP contribution in [0.3, 0.4) is 0 Å². The van der Waals surface area contributed by atoms with E-state index in [1.54, 1.807) is 12.1 Å². The number of rotatable bonds is 6. The van der Waals surface area contributed by atoms with Crippen LogP contribution in [0.25, 0.3) is 0 Å². The zero-order chi connectivity index (χ0) is 20.1. The van der Waals surface area contributed by atoms with Gasteiger partial charge in [0.1, 0.15) is 0 Å². The topological polar surface area (TPSA) is 75.7 Å². The number of carbonyl (C=O) groups is 1. The van der Waals surface area contributed by atoms with Crippen molar-refractivity contribution in [1.29, 1.82) is 0 Å². The Morgan fingerprint density at radius 1 is 1.04 bits per heavy atom. The number of ether oxygens (including phenoxy) is 1. The second-order valence-electron chi connectivity index (χ2n) is 7.10. The average Bonchev–Trinajstić information content (AvgIpc) is 2.68. The number of morpholine rings is 1. The fourth-order valence-corrected chi connectivity index (χ4v) is 4.91. The van der Waals surface area contributed by atoms with Crippen LogP contribution in [0.5, 0.6) is 0 Å². The van der Waals surface area contributed by atoms with Crippen molar-refractivity contribution < 1.29 is 17.9 Å². The van der Waals surface area contributed by atoms with E-state index in [1.807, 2.05) is 44.2 Å². The summed E-state index contributed by atoms with van der Waals surface area (Å²) in [5.74, 6) is -0.214. The highest BCUT2D eigenvalue weighted by Crippen LogP contribution is 2.21. The Morgan fingerprint density at radius 2 is 1.64 bits per heavy atom. The summed E-state index contributed by atoms with van der Waals surface area (Å²) in [5.41, 5.74) is 1.59. The zero-order valence-corrected chi connectivity index (χ0v) is 17.0. The van der Waals surface area contributed by atoms with Gasteiger partial charge >= 0.3 is 0 Å². The summed E-state index contributed by atoms with van der Waals surface area (Å²) in [5, 5.41) is 2.87. The van der Waals surface area contributed by atoms with Gasteiger partial charge in [-0.15, -0.1) is 0 Å². The van der Waals surface area contributed by atoms with Crippen molar-refractivity contribution in [2.24, 2.45) is 0 Å². The summed E-state index contributed by atoms with van der Waals surface area (Å²) in [6.07, 6.45) is 0.452. The Kier molecular flexibility index (Phi) is 6.49. The second-order valence-corrected chi connectivity index (χ2v) is 9.03. The summed E-state index contributed by atoms with van der Waals surface area (Å²) in [4.78, 5) is 12.5. The van der Waals surface area contributed by atoms with Crippen LogP contribution in [0.15, 0.2) is 59.5 Å². The maximum Gasteiger partial charge on any atom is 0.251 e. The third-order valence-electron chi connectivity index (χ3n) is 4.68. The molecule has 6 nitrogen and oxygen atoms in total. The highest BCUT2D eigenvalue weighted by Gasteiger charge is 2.32. The molecule has 1 fully saturated rings. The van der Waals surface area contributed by atoms with E-state index in [0.717, 1.165) is 12.0 Å². The van der Waals surface area contributed by atoms with E-state index in [9.17, 15) is 13.2 Å². The van der Waals surface area contributed by atoms with E-state index in [0.29, 0.717) is 25.2 Å². The molecule has 1 aliphatic heterocycles. The quantitative estimate of drug-likeness (QED) is 0.805. The molecule has 0 spiro atoms. The Hall–Kier alpha value is -2.22. The van der Waals surface area contributed by atoms with Crippen LogP contribution in [-0.2, 0) is 21.2 Å². The van der Waals surface area contributed by atoms with Crippen molar-refractivity contribution in [2.75, 3.05) is 19.6 Å². The van der Waals surface area contributed by atoms with E-state index in [2.05, 4.69) is 5.32 Å². The predicted octanol–water partition coefficient (Wildman–Crippen LogP) is 2.46. The van der Waals surface area contributed by atoms with Crippen LogP contribution in [0.1, 0.15) is 29.8 Å². The lowest BCUT2D eigenvalue weighted by Gasteiger charge is -2.34. The first kappa shape index (κ1) is 20.5. The van der Waals surface area contributed by atoms with Crippen molar-refractivity contribution >= 4 is 15.9 Å². The molecule has 0 bridgehead atoms. The van der Waals surface area contributed by atoms with Crippen molar-refractivity contribution in [3.63, 3.8) is 0 Å². The Bertz CT molecular complexity index is 888. The minimum atomic E-state index is -3.60. The van der Waals surface area contributed by atoms with E-state index in [-0.39, 0.29) is 23.0 Å². The molecule has 0 unspecified atom stereocenters. The molecule has 1 amide bonds. The Balaban J connectivity index is 1.61. The lowest BCUT2D eigenvalue weighted by atomic mass is 10.1. The molecule has 0 saturated carbocycles. The van der Waals surface area contributed by atoms with E-state index in [1.165, 1.54) is 16.4 Å². The summed E-state index contributed by atoms with van der Waals surface area (Å²) in [6.45, 7) is 4.90. The van der Waals surface area contributed by atoms with Crippen molar-refractivity contribution in [3.8, 4) is 0 Å². The normalized spacial score (nSPS) is 20.6. The molecule has 0 radical (unpaired) electrons. The SMILES string of the molecule is C[C@H]1CN(S(=O)(=O)c2ccc(C(=O)NCCc3ccccc3)cc2)C[C@H](C)O1. The minimum absolute atomic E-state index is 0.145. The lowest BCUT2D eigenvalue weighted by Crippen LogP contribution is -2.48. The molecule has 1 N–H and O–H groups in total. The molecule has 2 aromatic rings. The maximum atomic E-state index is 12.9. The first-order chi connectivity index (χ1) is 13.4. The minimum Gasteiger partial charge on any atom is -0.373 e. The molecule has 1 aliphatic rings. The molecule has 3 rings (SSSR count). The molecule has 0 aromatic heterocycles. The average molecular weight is 403 g/mol. The molecular formula is C21H26N2O4S. The van der Waals surface area contributed by atoms with Crippen molar-refractivity contribution in [1.82, 2.24) is 9.62 Å². The second kappa shape index (κ2) is 8.86. The third kappa shape index (κ3) is 4.98. The molecule has 150 valence electrons. The third-order valence-corrected chi connectivity index (χ3v) is 6.53. The number of hydrogen-bond donors (Lipinski definition) is 1. The first-order valence-electron chi connectivity index (χ1n) is 9.44. The van der Waals surface area contributed by atoms with Gasteiger partial charge in [0.25, 0.3) is 5.91 Å². The fraction of sp³-hybridized carbons (Fsp3) is 0.381. The van der Waals surface area contributed by atoms with Crippen LogP contribution < -0.4 is 5.32 Å². The highest BCUT2D eigenvalue weighted by atomic mass is 32.2. The summed E-state index contributed by atoms with van der Waals surface area (Å²) < 4.78 is 32.8. The number of sulfonamides is 1. The van der Waals surface area contributed by atoms with Gasteiger partial charge in [0.05, 0.1) is 17.1 Å². The van der Waals surface area contributed by atoms with Gasteiger partial charge in [-0.1, -0.05) is 30.3 Å². The Morgan fingerprint density at radius 3 is 2.25 bits per heavy atom. The number of hydrogen-bond acceptors (Lipinski definition) is 4. The summed E-state index contributed by atoms with van der Waals surface area (Å²) in [7, 11) is -3.60. The molecule has 1 heterocycles. The zero-order valence-electron chi connectivity index (χ0n) is 16.2. The molecule has 7 heteroatoms. The lowest BCUT2D eigenvalue weighted by molar-refractivity contribution is -0.0440. The molecule has 0 aliphatic carbocycles. The fourth-order valence-electron chi connectivity index (χ4n) is 3.32. The van der Waals surface area contributed by atoms with Gasteiger partial charge < -0.3 is 10.1 Å². The number of nitrogens with one attached hydrogen (secondary N) is 1. The van der Waals surface area contributed by atoms with Gasteiger partial charge in [0.15, 0.2) is 0 Å². The smallest absolute Gasteiger partial charge is 0.251 e. The maximum absolute atomic E-state index is 12.9. The summed E-state index contributed by atoms with van der Waals surface area (Å²) >= 11 is 0. The van der Waals surface area contributed by atoms with Crippen LogP contribution in [0.2, 0.25) is 0 Å². The largest absolute Gasteiger partial charge is 0.373 e.